The second-order valence-corrected chi connectivity index (χ2v) is 4.72. The molecule has 0 aromatic heterocycles. The lowest BCUT2D eigenvalue weighted by atomic mass is 10.2. The maximum absolute atomic E-state index is 8.70. The molecule has 0 unspecified atom stereocenters. The molecular weight excluding hydrogens is 276 g/mol. The number of ether oxygens (including phenoxy) is 2. The first-order chi connectivity index (χ1) is 10.8. The van der Waals surface area contributed by atoms with Gasteiger partial charge in [-0.2, -0.15) is 0 Å². The number of benzene rings is 2. The summed E-state index contributed by atoms with van der Waals surface area (Å²) in [4.78, 5) is 0. The fourth-order valence-electron chi connectivity index (χ4n) is 1.80. The minimum atomic E-state index is 0.0134. The van der Waals surface area contributed by atoms with Gasteiger partial charge in [0.1, 0.15) is 18.1 Å². The molecule has 0 radical (unpaired) electrons. The topological polar surface area (TPSA) is 38.7 Å². The van der Waals surface area contributed by atoms with Gasteiger partial charge in [-0.15, -0.1) is 0 Å². The van der Waals surface area contributed by atoms with Crippen LogP contribution in [0.3, 0.4) is 0 Å². The van der Waals surface area contributed by atoms with Crippen LogP contribution in [0.25, 0.3) is 0 Å². The van der Waals surface area contributed by atoms with Gasteiger partial charge in [0.05, 0.1) is 13.2 Å². The number of aliphatic hydroxyl groups excluding tert-OH is 1. The second-order valence-electron chi connectivity index (χ2n) is 4.72. The molecule has 0 heterocycles. The quantitative estimate of drug-likeness (QED) is 0.832. The Balaban J connectivity index is 1.97. The molecule has 0 atom stereocenters. The summed E-state index contributed by atoms with van der Waals surface area (Å²) in [5.74, 6) is 7.84. The van der Waals surface area contributed by atoms with Gasteiger partial charge < -0.3 is 14.6 Å². The Morgan fingerprint density at radius 3 is 1.64 bits per heavy atom. The van der Waals surface area contributed by atoms with Crippen LogP contribution in [0.5, 0.6) is 11.5 Å². The highest BCUT2D eigenvalue weighted by Crippen LogP contribution is 2.13. The Kier molecular flexibility index (Phi) is 6.35. The highest BCUT2D eigenvalue weighted by atomic mass is 16.5. The molecule has 0 aliphatic rings. The molecule has 0 amide bonds. The van der Waals surface area contributed by atoms with E-state index >= 15 is 0 Å². The van der Waals surface area contributed by atoms with Gasteiger partial charge in [-0.3, -0.25) is 0 Å². The molecule has 2 rings (SSSR count). The number of hydrogen-bond acceptors (Lipinski definition) is 3. The van der Waals surface area contributed by atoms with Crippen LogP contribution in [0.4, 0.5) is 0 Å². The van der Waals surface area contributed by atoms with Crippen molar-refractivity contribution in [2.45, 2.75) is 13.3 Å². The average Bonchev–Trinajstić information content (AvgIpc) is 2.58. The Morgan fingerprint density at radius 1 is 0.773 bits per heavy atom. The van der Waals surface area contributed by atoms with E-state index in [0.29, 0.717) is 6.61 Å². The Morgan fingerprint density at radius 2 is 1.23 bits per heavy atom. The fourth-order valence-corrected chi connectivity index (χ4v) is 1.80. The largest absolute Gasteiger partial charge is 0.494 e. The molecule has 0 fully saturated rings. The molecule has 3 nitrogen and oxygen atoms in total. The maximum Gasteiger partial charge on any atom is 0.119 e. The lowest BCUT2D eigenvalue weighted by Gasteiger charge is -2.03. The molecule has 0 aliphatic heterocycles. The molecule has 114 valence electrons. The van der Waals surface area contributed by atoms with E-state index in [4.69, 9.17) is 14.6 Å². The van der Waals surface area contributed by atoms with Crippen molar-refractivity contribution in [1.82, 2.24) is 0 Å². The smallest absolute Gasteiger partial charge is 0.119 e. The molecule has 0 saturated heterocycles. The van der Waals surface area contributed by atoms with Crippen molar-refractivity contribution in [1.29, 1.82) is 0 Å². The molecule has 2 aromatic rings. The van der Waals surface area contributed by atoms with Crippen LogP contribution in [0.15, 0.2) is 48.5 Å². The Bertz CT molecular complexity index is 563. The minimum Gasteiger partial charge on any atom is -0.494 e. The summed E-state index contributed by atoms with van der Waals surface area (Å²) in [7, 11) is 0. The van der Waals surface area contributed by atoms with Gasteiger partial charge in [0, 0.05) is 11.1 Å². The van der Waals surface area contributed by atoms with Gasteiger partial charge in [-0.1, -0.05) is 18.8 Å². The highest BCUT2D eigenvalue weighted by Gasteiger charge is 1.94. The third-order valence-corrected chi connectivity index (χ3v) is 2.89. The van der Waals surface area contributed by atoms with Gasteiger partial charge in [-0.05, 0) is 55.0 Å². The summed E-state index contributed by atoms with van der Waals surface area (Å²) in [6, 6.07) is 15.3. The van der Waals surface area contributed by atoms with Crippen molar-refractivity contribution < 1.29 is 14.6 Å². The van der Waals surface area contributed by atoms with Crippen LogP contribution in [0.1, 0.15) is 24.5 Å². The van der Waals surface area contributed by atoms with Crippen molar-refractivity contribution in [3.63, 3.8) is 0 Å². The van der Waals surface area contributed by atoms with Crippen LogP contribution < -0.4 is 9.47 Å². The molecule has 22 heavy (non-hydrogen) atoms. The summed E-state index contributed by atoms with van der Waals surface area (Å²) in [5.41, 5.74) is 1.87. The lowest BCUT2D eigenvalue weighted by Crippen LogP contribution is -2.01. The number of hydrogen-bond donors (Lipinski definition) is 1. The van der Waals surface area contributed by atoms with Crippen molar-refractivity contribution in [2.75, 3.05) is 19.8 Å². The summed E-state index contributed by atoms with van der Waals surface area (Å²) >= 11 is 0. The van der Waals surface area contributed by atoms with E-state index < -0.39 is 0 Å². The van der Waals surface area contributed by atoms with Gasteiger partial charge in [-0.25, -0.2) is 0 Å². The van der Waals surface area contributed by atoms with Gasteiger partial charge >= 0.3 is 0 Å². The van der Waals surface area contributed by atoms with E-state index in [1.54, 1.807) is 0 Å². The first-order valence-corrected chi connectivity index (χ1v) is 7.40. The van der Waals surface area contributed by atoms with E-state index in [2.05, 4.69) is 18.8 Å². The summed E-state index contributed by atoms with van der Waals surface area (Å²) in [6.07, 6.45) is 1.000. The monoisotopic (exact) mass is 296 g/mol. The fraction of sp³-hybridized carbons (Fsp3) is 0.263. The molecule has 2 aromatic carbocycles. The van der Waals surface area contributed by atoms with E-state index in [0.717, 1.165) is 35.7 Å². The van der Waals surface area contributed by atoms with Gasteiger partial charge in [0.2, 0.25) is 0 Å². The molecule has 0 spiro atoms. The van der Waals surface area contributed by atoms with E-state index in [1.807, 2.05) is 48.5 Å². The third-order valence-electron chi connectivity index (χ3n) is 2.89. The third kappa shape index (κ3) is 5.16. The zero-order valence-electron chi connectivity index (χ0n) is 12.7. The van der Waals surface area contributed by atoms with Crippen LogP contribution >= 0.6 is 0 Å². The van der Waals surface area contributed by atoms with Crippen molar-refractivity contribution >= 4 is 0 Å². The van der Waals surface area contributed by atoms with Crippen molar-refractivity contribution in [3.05, 3.63) is 59.7 Å². The first-order valence-electron chi connectivity index (χ1n) is 7.40. The zero-order valence-corrected chi connectivity index (χ0v) is 12.7. The zero-order chi connectivity index (χ0) is 15.6. The van der Waals surface area contributed by atoms with Gasteiger partial charge in [0.15, 0.2) is 0 Å². The molecule has 0 bridgehead atoms. The van der Waals surface area contributed by atoms with E-state index in [-0.39, 0.29) is 6.61 Å². The summed E-state index contributed by atoms with van der Waals surface area (Å²) in [5, 5.41) is 8.70. The minimum absolute atomic E-state index is 0.0134. The molecule has 0 saturated carbocycles. The molecular formula is C19H20O3. The number of aliphatic hydroxyl groups is 1. The predicted molar refractivity (Wildman–Crippen MR) is 87.2 cm³/mol. The summed E-state index contributed by atoms with van der Waals surface area (Å²) in [6.45, 7) is 3.13. The average molecular weight is 296 g/mol. The summed E-state index contributed by atoms with van der Waals surface area (Å²) < 4.78 is 10.8. The maximum atomic E-state index is 8.70. The highest BCUT2D eigenvalue weighted by molar-refractivity contribution is 5.45. The van der Waals surface area contributed by atoms with E-state index in [1.165, 1.54) is 0 Å². The van der Waals surface area contributed by atoms with Crippen LogP contribution in [0.2, 0.25) is 0 Å². The molecule has 0 aliphatic carbocycles. The lowest BCUT2D eigenvalue weighted by molar-refractivity contribution is 0.201. The van der Waals surface area contributed by atoms with Crippen LogP contribution in [-0.2, 0) is 0 Å². The predicted octanol–water partition coefficient (Wildman–Crippen LogP) is 3.25. The normalized spacial score (nSPS) is 9.73. The number of rotatable bonds is 6. The van der Waals surface area contributed by atoms with Crippen molar-refractivity contribution in [3.8, 4) is 23.3 Å². The molecule has 1 N–H and O–H groups in total. The van der Waals surface area contributed by atoms with Crippen LogP contribution in [0, 0.1) is 11.8 Å². The molecule has 3 heteroatoms. The Hall–Kier alpha value is -2.44. The van der Waals surface area contributed by atoms with Crippen molar-refractivity contribution in [2.24, 2.45) is 0 Å². The van der Waals surface area contributed by atoms with E-state index in [9.17, 15) is 0 Å². The Labute approximate surface area is 131 Å². The standard InChI is InChI=1S/C19H20O3/c1-2-14-21-18-9-5-16(6-10-18)3-4-17-7-11-19(12-8-17)22-15-13-20/h5-12,20H,2,13-15H2,1H3. The second kappa shape index (κ2) is 8.76. The SMILES string of the molecule is CCCOc1ccc(C#Cc2ccc(OCCO)cc2)cc1. The first kappa shape index (κ1) is 15.9. The van der Waals surface area contributed by atoms with Crippen LogP contribution in [-0.4, -0.2) is 24.9 Å². The van der Waals surface area contributed by atoms with Gasteiger partial charge in [0.25, 0.3) is 0 Å².